The minimum absolute atomic E-state index is 0.0864. The first-order valence-electron chi connectivity index (χ1n) is 13.2. The van der Waals surface area contributed by atoms with Gasteiger partial charge >= 0.3 is 0 Å². The molecule has 0 saturated carbocycles. The first kappa shape index (κ1) is 29.9. The summed E-state index contributed by atoms with van der Waals surface area (Å²) in [6, 6.07) is 15.7. The van der Waals surface area contributed by atoms with Crippen molar-refractivity contribution in [2.24, 2.45) is 9.98 Å². The summed E-state index contributed by atoms with van der Waals surface area (Å²) in [4.78, 5) is 13.0. The molecule has 0 N–H and O–H groups in total. The predicted octanol–water partition coefficient (Wildman–Crippen LogP) is 5.97. The normalized spacial score (nSPS) is 11.7. The lowest BCUT2D eigenvalue weighted by molar-refractivity contribution is 0.339. The van der Waals surface area contributed by atoms with Crippen molar-refractivity contribution >= 4 is 23.8 Å². The van der Waals surface area contributed by atoms with Gasteiger partial charge in [-0.1, -0.05) is 0 Å². The summed E-state index contributed by atoms with van der Waals surface area (Å²) < 4.78 is 11.6. The second-order valence-electron chi connectivity index (χ2n) is 8.09. The molecule has 0 atom stereocenters. The molecule has 0 aliphatic rings. The van der Waals surface area contributed by atoms with Crippen molar-refractivity contribution in [1.29, 1.82) is 10.5 Å². The quantitative estimate of drug-likeness (QED) is 0.227. The van der Waals surface area contributed by atoms with Gasteiger partial charge < -0.3 is 19.3 Å². The summed E-state index contributed by atoms with van der Waals surface area (Å²) >= 11 is 0. The van der Waals surface area contributed by atoms with Crippen LogP contribution in [0, 0.1) is 22.7 Å². The van der Waals surface area contributed by atoms with E-state index >= 15 is 0 Å². The third-order valence-corrected chi connectivity index (χ3v) is 5.95. The van der Waals surface area contributed by atoms with Crippen LogP contribution in [0.25, 0.3) is 0 Å². The highest BCUT2D eigenvalue weighted by atomic mass is 16.5. The van der Waals surface area contributed by atoms with Crippen molar-refractivity contribution in [3.05, 3.63) is 58.9 Å². The number of anilines is 2. The van der Waals surface area contributed by atoms with Crippen molar-refractivity contribution in [3.63, 3.8) is 0 Å². The Morgan fingerprint density at radius 2 is 1.05 bits per heavy atom. The topological polar surface area (TPSA) is 97.2 Å². The predicted molar refractivity (Wildman–Crippen MR) is 156 cm³/mol. The second kappa shape index (κ2) is 15.7. The zero-order valence-electron chi connectivity index (χ0n) is 23.4. The van der Waals surface area contributed by atoms with Crippen LogP contribution in [0.4, 0.5) is 11.4 Å². The highest BCUT2D eigenvalue weighted by molar-refractivity contribution is 5.87. The maximum absolute atomic E-state index is 9.73. The van der Waals surface area contributed by atoms with E-state index in [-0.39, 0.29) is 11.4 Å². The van der Waals surface area contributed by atoms with Crippen LogP contribution in [0.3, 0.4) is 0 Å². The molecule has 0 amide bonds. The van der Waals surface area contributed by atoms with Gasteiger partial charge in [-0.15, -0.1) is 0 Å². The Hall–Kier alpha value is -4.30. The van der Waals surface area contributed by atoms with Crippen molar-refractivity contribution in [3.8, 4) is 23.6 Å². The van der Waals surface area contributed by atoms with Crippen molar-refractivity contribution in [2.75, 3.05) is 49.2 Å². The van der Waals surface area contributed by atoms with Gasteiger partial charge in [-0.3, -0.25) is 0 Å². The molecule has 0 aliphatic heterocycles. The van der Waals surface area contributed by atoms with E-state index in [0.29, 0.717) is 35.8 Å². The van der Waals surface area contributed by atoms with Gasteiger partial charge in [0, 0.05) is 73.2 Å². The summed E-state index contributed by atoms with van der Waals surface area (Å²) in [5, 5.41) is 19.5. The Balaban J connectivity index is 2.43. The van der Waals surface area contributed by atoms with E-state index in [2.05, 4.69) is 47.5 Å². The van der Waals surface area contributed by atoms with E-state index < -0.39 is 0 Å². The van der Waals surface area contributed by atoms with Crippen LogP contribution in [0.1, 0.15) is 52.7 Å². The van der Waals surface area contributed by atoms with E-state index in [4.69, 9.17) is 9.47 Å². The number of nitriles is 2. The fourth-order valence-electron chi connectivity index (χ4n) is 3.95. The van der Waals surface area contributed by atoms with Gasteiger partial charge in [0.2, 0.25) is 0 Å². The van der Waals surface area contributed by atoms with Crippen LogP contribution in [-0.2, 0) is 0 Å². The molecule has 38 heavy (non-hydrogen) atoms. The molecule has 2 aromatic carbocycles. The third-order valence-electron chi connectivity index (χ3n) is 5.95. The Kier molecular flexibility index (Phi) is 12.4. The van der Waals surface area contributed by atoms with Gasteiger partial charge in [0.25, 0.3) is 0 Å². The second-order valence-corrected chi connectivity index (χ2v) is 8.09. The Bertz CT molecular complexity index is 1130. The van der Waals surface area contributed by atoms with Crippen molar-refractivity contribution in [1.82, 2.24) is 0 Å². The molecule has 0 bridgehead atoms. The SMILES string of the molecule is CCOc1cc(N(CC)CC)ccc1C=N/C(C#N)=C(\C#N)N=Cc1ccc(N(CC)CC)cc1OCC. The van der Waals surface area contributed by atoms with Crippen LogP contribution in [-0.4, -0.2) is 51.8 Å². The first-order chi connectivity index (χ1) is 18.5. The van der Waals surface area contributed by atoms with Crippen LogP contribution in [0.15, 0.2) is 57.8 Å². The number of nitrogens with zero attached hydrogens (tertiary/aromatic N) is 6. The van der Waals surface area contributed by atoms with E-state index in [9.17, 15) is 10.5 Å². The van der Waals surface area contributed by atoms with E-state index in [1.54, 1.807) is 0 Å². The van der Waals surface area contributed by atoms with Gasteiger partial charge in [-0.05, 0) is 65.8 Å². The summed E-state index contributed by atoms with van der Waals surface area (Å²) in [5.41, 5.74) is 3.34. The Morgan fingerprint density at radius 3 is 1.34 bits per heavy atom. The number of hydrogen-bond acceptors (Lipinski definition) is 8. The number of aliphatic imine (C=N–C) groups is 2. The first-order valence-corrected chi connectivity index (χ1v) is 13.2. The number of benzene rings is 2. The molecule has 0 spiro atoms. The molecular weight excluding hydrogens is 476 g/mol. The maximum Gasteiger partial charge on any atom is 0.176 e. The molecule has 0 unspecified atom stereocenters. The van der Waals surface area contributed by atoms with Gasteiger partial charge in [0.05, 0.1) is 13.2 Å². The minimum Gasteiger partial charge on any atom is -0.493 e. The smallest absolute Gasteiger partial charge is 0.176 e. The lowest BCUT2D eigenvalue weighted by Crippen LogP contribution is -2.21. The van der Waals surface area contributed by atoms with Crippen molar-refractivity contribution < 1.29 is 9.47 Å². The summed E-state index contributed by atoms with van der Waals surface area (Å²) in [5.74, 6) is 1.32. The average Bonchev–Trinajstić information content (AvgIpc) is 2.94. The zero-order chi connectivity index (χ0) is 27.9. The number of rotatable bonds is 14. The van der Waals surface area contributed by atoms with E-state index in [1.165, 1.54) is 12.4 Å². The van der Waals surface area contributed by atoms with Crippen LogP contribution in [0.2, 0.25) is 0 Å². The fourth-order valence-corrected chi connectivity index (χ4v) is 3.95. The van der Waals surface area contributed by atoms with Gasteiger partial charge in [0.1, 0.15) is 23.6 Å². The Morgan fingerprint density at radius 1 is 0.684 bits per heavy atom. The standard InChI is InChI=1S/C30H38N6O2/c1-7-35(8-2)25-15-13-23(29(17-25)37-11-5)21-33-27(19-31)28(20-32)34-22-24-14-16-26(36(9-3)10-4)18-30(24)38-12-6/h13-18,21-22H,7-12H2,1-6H3/b28-27+,33-21?,34-22?. The Labute approximate surface area is 227 Å². The highest BCUT2D eigenvalue weighted by Crippen LogP contribution is 2.27. The monoisotopic (exact) mass is 514 g/mol. The highest BCUT2D eigenvalue weighted by Gasteiger charge is 2.11. The van der Waals surface area contributed by atoms with Crippen LogP contribution >= 0.6 is 0 Å². The van der Waals surface area contributed by atoms with Gasteiger partial charge in [-0.2, -0.15) is 10.5 Å². The molecule has 8 nitrogen and oxygen atoms in total. The minimum atomic E-state index is -0.0864. The van der Waals surface area contributed by atoms with Gasteiger partial charge in [-0.25, -0.2) is 9.98 Å². The molecule has 2 rings (SSSR count). The van der Waals surface area contributed by atoms with E-state index in [0.717, 1.165) is 37.6 Å². The number of ether oxygens (including phenoxy) is 2. The van der Waals surface area contributed by atoms with Gasteiger partial charge in [0.15, 0.2) is 11.4 Å². The molecule has 0 radical (unpaired) electrons. The molecule has 0 aromatic heterocycles. The number of hydrogen-bond donors (Lipinski definition) is 0. The average molecular weight is 515 g/mol. The molecule has 0 heterocycles. The summed E-state index contributed by atoms with van der Waals surface area (Å²) in [6.07, 6.45) is 3.07. The maximum atomic E-state index is 9.73. The molecule has 0 saturated heterocycles. The van der Waals surface area contributed by atoms with Crippen molar-refractivity contribution in [2.45, 2.75) is 41.5 Å². The molecular formula is C30H38N6O2. The van der Waals surface area contributed by atoms with Crippen LogP contribution in [0.5, 0.6) is 11.5 Å². The molecule has 200 valence electrons. The summed E-state index contributed by atoms with van der Waals surface area (Å²) in [7, 11) is 0. The zero-order valence-corrected chi connectivity index (χ0v) is 23.4. The number of allylic oxidation sites excluding steroid dienone is 2. The summed E-state index contributed by atoms with van der Waals surface area (Å²) in [6.45, 7) is 16.7. The van der Waals surface area contributed by atoms with Crippen LogP contribution < -0.4 is 19.3 Å². The lowest BCUT2D eigenvalue weighted by Gasteiger charge is -2.22. The third kappa shape index (κ3) is 7.85. The largest absolute Gasteiger partial charge is 0.493 e. The fraction of sp³-hybridized carbons (Fsp3) is 0.400. The molecule has 0 aliphatic carbocycles. The molecule has 0 fully saturated rings. The molecule has 2 aromatic rings. The molecule has 8 heteroatoms. The van der Waals surface area contributed by atoms with E-state index in [1.807, 2.05) is 62.4 Å². The lowest BCUT2D eigenvalue weighted by atomic mass is 10.1.